The van der Waals surface area contributed by atoms with Gasteiger partial charge in [-0.25, -0.2) is 13.1 Å². The van der Waals surface area contributed by atoms with Gasteiger partial charge in [-0.1, -0.05) is 27.7 Å². The van der Waals surface area contributed by atoms with Gasteiger partial charge in [0.25, 0.3) is 0 Å². The summed E-state index contributed by atoms with van der Waals surface area (Å²) in [4.78, 5) is 10.5. The molecule has 0 spiro atoms. The topological polar surface area (TPSA) is 83.5 Å². The van der Waals surface area contributed by atoms with Crippen molar-refractivity contribution in [2.75, 3.05) is 5.75 Å². The SMILES string of the molecule is CCC(CC(=O)O)NS(=O)(=O)CC(C)(C)C. The fourth-order valence-corrected chi connectivity index (χ4v) is 3.33. The van der Waals surface area contributed by atoms with Crippen LogP contribution in [0.15, 0.2) is 0 Å². The molecule has 0 aliphatic rings. The second-order valence-corrected chi connectivity index (χ2v) is 6.89. The largest absolute Gasteiger partial charge is 0.481 e. The summed E-state index contributed by atoms with van der Waals surface area (Å²) in [5.41, 5.74) is -0.340. The number of aliphatic carboxylic acids is 1. The highest BCUT2D eigenvalue weighted by Crippen LogP contribution is 2.16. The van der Waals surface area contributed by atoms with Gasteiger partial charge in [0, 0.05) is 6.04 Å². The first-order chi connectivity index (χ1) is 7.06. The molecule has 2 N–H and O–H groups in total. The Morgan fingerprint density at radius 3 is 2.19 bits per heavy atom. The number of rotatable bonds is 6. The maximum Gasteiger partial charge on any atom is 0.304 e. The molecule has 5 nitrogen and oxygen atoms in total. The lowest BCUT2D eigenvalue weighted by Gasteiger charge is -2.21. The van der Waals surface area contributed by atoms with Crippen molar-refractivity contribution in [1.82, 2.24) is 4.72 Å². The van der Waals surface area contributed by atoms with Crippen LogP contribution >= 0.6 is 0 Å². The first kappa shape index (κ1) is 15.4. The van der Waals surface area contributed by atoms with Crippen LogP contribution in [-0.4, -0.2) is 31.3 Å². The van der Waals surface area contributed by atoms with E-state index in [2.05, 4.69) is 4.72 Å². The molecule has 0 amide bonds. The zero-order chi connectivity index (χ0) is 13.0. The Bertz CT molecular complexity index is 329. The van der Waals surface area contributed by atoms with Crippen molar-refractivity contribution in [2.45, 2.75) is 46.6 Å². The summed E-state index contributed by atoms with van der Waals surface area (Å²) in [6.45, 7) is 7.23. The average Bonchev–Trinajstić information content (AvgIpc) is 1.96. The normalized spacial score (nSPS) is 14.8. The highest BCUT2D eigenvalue weighted by atomic mass is 32.2. The number of carboxylic acids is 1. The maximum absolute atomic E-state index is 11.7. The second-order valence-electron chi connectivity index (χ2n) is 5.14. The monoisotopic (exact) mass is 251 g/mol. The third-order valence-corrected chi connectivity index (χ3v) is 3.82. The van der Waals surface area contributed by atoms with Gasteiger partial charge in [-0.3, -0.25) is 4.79 Å². The standard InChI is InChI=1S/C10H21NO4S/c1-5-8(6-9(12)13)11-16(14,15)7-10(2,3)4/h8,11H,5-7H2,1-4H3,(H,12,13). The van der Waals surface area contributed by atoms with Crippen molar-refractivity contribution in [3.8, 4) is 0 Å². The highest BCUT2D eigenvalue weighted by molar-refractivity contribution is 7.89. The van der Waals surface area contributed by atoms with Gasteiger partial charge in [0.1, 0.15) is 0 Å². The van der Waals surface area contributed by atoms with E-state index >= 15 is 0 Å². The molecule has 0 aromatic carbocycles. The van der Waals surface area contributed by atoms with Crippen LogP contribution in [0.2, 0.25) is 0 Å². The average molecular weight is 251 g/mol. The molecule has 1 unspecified atom stereocenters. The number of carboxylic acid groups (broad SMARTS) is 1. The van der Waals surface area contributed by atoms with E-state index in [0.29, 0.717) is 6.42 Å². The summed E-state index contributed by atoms with van der Waals surface area (Å²) in [5, 5.41) is 8.61. The van der Waals surface area contributed by atoms with Gasteiger partial charge >= 0.3 is 5.97 Å². The Labute approximate surface area is 97.3 Å². The minimum Gasteiger partial charge on any atom is -0.481 e. The molecule has 0 saturated heterocycles. The Kier molecular flexibility index (Phi) is 5.41. The molecular formula is C10H21NO4S. The van der Waals surface area contributed by atoms with E-state index in [1.165, 1.54) is 0 Å². The molecule has 6 heteroatoms. The van der Waals surface area contributed by atoms with Crippen molar-refractivity contribution in [3.05, 3.63) is 0 Å². The highest BCUT2D eigenvalue weighted by Gasteiger charge is 2.24. The lowest BCUT2D eigenvalue weighted by Crippen LogP contribution is -2.40. The lowest BCUT2D eigenvalue weighted by molar-refractivity contribution is -0.137. The van der Waals surface area contributed by atoms with E-state index in [0.717, 1.165) is 0 Å². The molecule has 0 heterocycles. The van der Waals surface area contributed by atoms with E-state index in [9.17, 15) is 13.2 Å². The summed E-state index contributed by atoms with van der Waals surface area (Å²) in [6.07, 6.45) is 0.287. The third-order valence-electron chi connectivity index (χ3n) is 1.88. The van der Waals surface area contributed by atoms with Crippen LogP contribution in [0.3, 0.4) is 0 Å². The van der Waals surface area contributed by atoms with Gasteiger partial charge < -0.3 is 5.11 Å². The van der Waals surface area contributed by atoms with Gasteiger partial charge in [0.05, 0.1) is 12.2 Å². The molecule has 0 aliphatic carbocycles. The van der Waals surface area contributed by atoms with Crippen molar-refractivity contribution < 1.29 is 18.3 Å². The van der Waals surface area contributed by atoms with Crippen LogP contribution in [0, 0.1) is 5.41 Å². The summed E-state index contributed by atoms with van der Waals surface area (Å²) in [5.74, 6) is -0.999. The number of hydrogen-bond acceptors (Lipinski definition) is 3. The third kappa shape index (κ3) is 7.64. The molecule has 0 rings (SSSR count). The first-order valence-electron chi connectivity index (χ1n) is 5.27. The van der Waals surface area contributed by atoms with Gasteiger partial charge in [0.15, 0.2) is 0 Å². The summed E-state index contributed by atoms with van der Waals surface area (Å²) >= 11 is 0. The van der Waals surface area contributed by atoms with Crippen LogP contribution < -0.4 is 4.72 Å². The van der Waals surface area contributed by atoms with E-state index < -0.39 is 22.0 Å². The molecule has 0 fully saturated rings. The van der Waals surface area contributed by atoms with E-state index in [-0.39, 0.29) is 17.6 Å². The maximum atomic E-state index is 11.7. The van der Waals surface area contributed by atoms with Crippen molar-refractivity contribution in [3.63, 3.8) is 0 Å². The van der Waals surface area contributed by atoms with E-state index in [1.807, 2.05) is 20.8 Å². The smallest absolute Gasteiger partial charge is 0.304 e. The lowest BCUT2D eigenvalue weighted by atomic mass is 10.0. The van der Waals surface area contributed by atoms with Gasteiger partial charge in [-0.2, -0.15) is 0 Å². The summed E-state index contributed by atoms with van der Waals surface area (Å²) < 4.78 is 25.8. The van der Waals surface area contributed by atoms with Crippen LogP contribution in [0.25, 0.3) is 0 Å². The number of carbonyl (C=O) groups is 1. The fraction of sp³-hybridized carbons (Fsp3) is 0.900. The van der Waals surface area contributed by atoms with Crippen LogP contribution in [0.4, 0.5) is 0 Å². The minimum atomic E-state index is -3.41. The predicted octanol–water partition coefficient (Wildman–Crippen LogP) is 1.21. The zero-order valence-electron chi connectivity index (χ0n) is 10.3. The van der Waals surface area contributed by atoms with Crippen molar-refractivity contribution in [2.24, 2.45) is 5.41 Å². The molecule has 1 atom stereocenters. The predicted molar refractivity (Wildman–Crippen MR) is 62.7 cm³/mol. The summed E-state index contributed by atoms with van der Waals surface area (Å²) in [7, 11) is -3.41. The quantitative estimate of drug-likeness (QED) is 0.743. The summed E-state index contributed by atoms with van der Waals surface area (Å²) in [6, 6.07) is -0.523. The Balaban J connectivity index is 4.50. The Morgan fingerprint density at radius 1 is 1.38 bits per heavy atom. The molecule has 0 bridgehead atoms. The molecular weight excluding hydrogens is 230 g/mol. The number of nitrogens with one attached hydrogen (secondary N) is 1. The van der Waals surface area contributed by atoms with Crippen molar-refractivity contribution in [1.29, 1.82) is 0 Å². The van der Waals surface area contributed by atoms with Gasteiger partial charge in [0.2, 0.25) is 10.0 Å². The van der Waals surface area contributed by atoms with Gasteiger partial charge in [-0.05, 0) is 11.8 Å². The molecule has 0 aromatic heterocycles. The molecule has 0 aromatic rings. The molecule has 0 saturated carbocycles. The second kappa shape index (κ2) is 5.63. The van der Waals surface area contributed by atoms with Crippen LogP contribution in [0.1, 0.15) is 40.5 Å². The number of sulfonamides is 1. The van der Waals surface area contributed by atoms with E-state index in [4.69, 9.17) is 5.11 Å². The molecule has 0 aliphatic heterocycles. The Hall–Kier alpha value is -0.620. The van der Waals surface area contributed by atoms with E-state index in [1.54, 1.807) is 6.92 Å². The van der Waals surface area contributed by atoms with Crippen molar-refractivity contribution >= 4 is 16.0 Å². The molecule has 0 radical (unpaired) electrons. The number of hydrogen-bond donors (Lipinski definition) is 2. The van der Waals surface area contributed by atoms with Gasteiger partial charge in [-0.15, -0.1) is 0 Å². The van der Waals surface area contributed by atoms with Crippen LogP contribution in [0.5, 0.6) is 0 Å². The first-order valence-corrected chi connectivity index (χ1v) is 6.93. The molecule has 16 heavy (non-hydrogen) atoms. The van der Waals surface area contributed by atoms with Crippen LogP contribution in [-0.2, 0) is 14.8 Å². The Morgan fingerprint density at radius 2 is 1.88 bits per heavy atom. The molecule has 96 valence electrons. The fourth-order valence-electron chi connectivity index (χ4n) is 1.35. The zero-order valence-corrected chi connectivity index (χ0v) is 11.1. The minimum absolute atomic E-state index is 0.00385.